The van der Waals surface area contributed by atoms with Gasteiger partial charge in [-0.1, -0.05) is 0 Å². The van der Waals surface area contributed by atoms with Gasteiger partial charge in [0.1, 0.15) is 0 Å². The fraction of sp³-hybridized carbons (Fsp3) is 0.455. The molecule has 0 radical (unpaired) electrons. The molecular formula is C11H18N6. The Kier molecular flexibility index (Phi) is 3.26. The molecule has 1 atom stereocenters. The Labute approximate surface area is 100 Å². The Morgan fingerprint density at radius 1 is 1.35 bits per heavy atom. The third-order valence-electron chi connectivity index (χ3n) is 3.05. The van der Waals surface area contributed by atoms with Crippen LogP contribution in [0.25, 0.3) is 0 Å². The SMILES string of the molecule is Cc1c(C(Cc2cnn(C)c2)NN)cnn1C. The van der Waals surface area contributed by atoms with Crippen molar-refractivity contribution in [3.05, 3.63) is 35.4 Å². The molecule has 92 valence electrons. The molecule has 2 aromatic rings. The van der Waals surface area contributed by atoms with Crippen molar-refractivity contribution >= 4 is 0 Å². The second kappa shape index (κ2) is 4.68. The highest BCUT2D eigenvalue weighted by molar-refractivity contribution is 5.23. The van der Waals surface area contributed by atoms with Crippen LogP contribution in [-0.4, -0.2) is 19.6 Å². The van der Waals surface area contributed by atoms with Crippen molar-refractivity contribution in [2.24, 2.45) is 19.9 Å². The first-order valence-electron chi connectivity index (χ1n) is 5.54. The summed E-state index contributed by atoms with van der Waals surface area (Å²) in [5.41, 5.74) is 6.24. The lowest BCUT2D eigenvalue weighted by atomic mass is 10.0. The zero-order valence-corrected chi connectivity index (χ0v) is 10.4. The van der Waals surface area contributed by atoms with Gasteiger partial charge in [-0.15, -0.1) is 0 Å². The topological polar surface area (TPSA) is 73.7 Å². The molecule has 6 heteroatoms. The van der Waals surface area contributed by atoms with Crippen molar-refractivity contribution in [2.75, 3.05) is 0 Å². The molecule has 0 spiro atoms. The van der Waals surface area contributed by atoms with Crippen molar-refractivity contribution in [3.8, 4) is 0 Å². The molecular weight excluding hydrogens is 216 g/mol. The summed E-state index contributed by atoms with van der Waals surface area (Å²) in [5.74, 6) is 5.62. The number of nitrogens with two attached hydrogens (primary N) is 1. The Hall–Kier alpha value is -1.66. The third kappa shape index (κ3) is 2.37. The molecule has 0 fully saturated rings. The van der Waals surface area contributed by atoms with Gasteiger partial charge >= 0.3 is 0 Å². The Morgan fingerprint density at radius 3 is 2.59 bits per heavy atom. The Balaban J connectivity index is 2.19. The van der Waals surface area contributed by atoms with Crippen LogP contribution in [0, 0.1) is 6.92 Å². The molecule has 2 rings (SSSR count). The summed E-state index contributed by atoms with van der Waals surface area (Å²) in [6.07, 6.45) is 6.51. The molecule has 0 saturated heterocycles. The smallest absolute Gasteiger partial charge is 0.0540 e. The second-order valence-electron chi connectivity index (χ2n) is 4.25. The largest absolute Gasteiger partial charge is 0.276 e. The van der Waals surface area contributed by atoms with Gasteiger partial charge in [0.25, 0.3) is 0 Å². The lowest BCUT2D eigenvalue weighted by molar-refractivity contribution is 0.547. The summed E-state index contributed by atoms with van der Waals surface area (Å²) in [5, 5.41) is 8.38. The summed E-state index contributed by atoms with van der Waals surface area (Å²) in [7, 11) is 3.83. The molecule has 0 amide bonds. The van der Waals surface area contributed by atoms with Crippen molar-refractivity contribution < 1.29 is 0 Å². The van der Waals surface area contributed by atoms with Crippen molar-refractivity contribution in [1.29, 1.82) is 0 Å². The van der Waals surface area contributed by atoms with Crippen LogP contribution in [0.3, 0.4) is 0 Å². The van der Waals surface area contributed by atoms with E-state index in [1.54, 1.807) is 4.68 Å². The number of hydrazine groups is 1. The number of aryl methyl sites for hydroxylation is 2. The molecule has 6 nitrogen and oxygen atoms in total. The van der Waals surface area contributed by atoms with E-state index in [0.717, 1.165) is 23.2 Å². The van der Waals surface area contributed by atoms with Crippen molar-refractivity contribution in [1.82, 2.24) is 25.0 Å². The number of hydrogen-bond donors (Lipinski definition) is 2. The number of aromatic nitrogens is 4. The van der Waals surface area contributed by atoms with Crippen LogP contribution in [0.1, 0.15) is 22.9 Å². The predicted octanol–water partition coefficient (Wildman–Crippen LogP) is 0.209. The van der Waals surface area contributed by atoms with Crippen LogP contribution in [0.5, 0.6) is 0 Å². The zero-order valence-electron chi connectivity index (χ0n) is 10.4. The van der Waals surface area contributed by atoms with E-state index in [1.165, 1.54) is 0 Å². The van der Waals surface area contributed by atoms with E-state index in [1.807, 2.05) is 44.3 Å². The fourth-order valence-electron chi connectivity index (χ4n) is 1.93. The van der Waals surface area contributed by atoms with E-state index in [4.69, 9.17) is 5.84 Å². The minimum atomic E-state index is 0.0629. The lowest BCUT2D eigenvalue weighted by Crippen LogP contribution is -2.29. The minimum absolute atomic E-state index is 0.0629. The van der Waals surface area contributed by atoms with E-state index in [9.17, 15) is 0 Å². The standard InChI is InChI=1S/C11H18N6/c1-8-10(6-14-17(8)3)11(15-12)4-9-5-13-16(2)7-9/h5-7,11,15H,4,12H2,1-3H3. The van der Waals surface area contributed by atoms with Crippen LogP contribution in [-0.2, 0) is 20.5 Å². The summed E-state index contributed by atoms with van der Waals surface area (Å²) in [6, 6.07) is 0.0629. The van der Waals surface area contributed by atoms with E-state index in [0.29, 0.717) is 0 Å². The predicted molar refractivity (Wildman–Crippen MR) is 64.9 cm³/mol. The van der Waals surface area contributed by atoms with Gasteiger partial charge < -0.3 is 0 Å². The molecule has 0 saturated carbocycles. The number of nitrogens with one attached hydrogen (secondary N) is 1. The van der Waals surface area contributed by atoms with E-state index < -0.39 is 0 Å². The van der Waals surface area contributed by atoms with Gasteiger partial charge in [0, 0.05) is 31.5 Å². The molecule has 3 N–H and O–H groups in total. The molecule has 0 aliphatic heterocycles. The van der Waals surface area contributed by atoms with Crippen LogP contribution in [0.15, 0.2) is 18.6 Å². The van der Waals surface area contributed by atoms with E-state index in [-0.39, 0.29) is 6.04 Å². The van der Waals surface area contributed by atoms with E-state index >= 15 is 0 Å². The third-order valence-corrected chi connectivity index (χ3v) is 3.05. The highest BCUT2D eigenvalue weighted by Gasteiger charge is 2.16. The average molecular weight is 234 g/mol. The number of hydrogen-bond acceptors (Lipinski definition) is 4. The lowest BCUT2D eigenvalue weighted by Gasteiger charge is -2.14. The maximum Gasteiger partial charge on any atom is 0.0540 e. The summed E-state index contributed by atoms with van der Waals surface area (Å²) in [4.78, 5) is 0. The summed E-state index contributed by atoms with van der Waals surface area (Å²) in [6.45, 7) is 2.04. The maximum absolute atomic E-state index is 5.62. The van der Waals surface area contributed by atoms with Gasteiger partial charge in [-0.05, 0) is 18.9 Å². The highest BCUT2D eigenvalue weighted by Crippen LogP contribution is 2.20. The molecule has 0 aromatic carbocycles. The summed E-state index contributed by atoms with van der Waals surface area (Å²) >= 11 is 0. The van der Waals surface area contributed by atoms with E-state index in [2.05, 4.69) is 15.6 Å². The van der Waals surface area contributed by atoms with Gasteiger partial charge in [0.05, 0.1) is 18.4 Å². The van der Waals surface area contributed by atoms with Crippen molar-refractivity contribution in [3.63, 3.8) is 0 Å². The molecule has 0 bridgehead atoms. The van der Waals surface area contributed by atoms with Gasteiger partial charge in [-0.2, -0.15) is 10.2 Å². The molecule has 2 aromatic heterocycles. The second-order valence-corrected chi connectivity index (χ2v) is 4.25. The summed E-state index contributed by atoms with van der Waals surface area (Å²) < 4.78 is 3.64. The van der Waals surface area contributed by atoms with Gasteiger partial charge in [0.15, 0.2) is 0 Å². The number of nitrogens with zero attached hydrogens (tertiary/aromatic N) is 4. The van der Waals surface area contributed by atoms with Crippen LogP contribution < -0.4 is 11.3 Å². The first kappa shape index (κ1) is 11.8. The minimum Gasteiger partial charge on any atom is -0.276 e. The van der Waals surface area contributed by atoms with Crippen LogP contribution >= 0.6 is 0 Å². The van der Waals surface area contributed by atoms with Gasteiger partial charge in [-0.25, -0.2) is 0 Å². The average Bonchev–Trinajstić information content (AvgIpc) is 2.85. The molecule has 0 aliphatic carbocycles. The van der Waals surface area contributed by atoms with Gasteiger partial charge in [0.2, 0.25) is 0 Å². The Bertz CT molecular complexity index is 498. The quantitative estimate of drug-likeness (QED) is 0.586. The van der Waals surface area contributed by atoms with Crippen LogP contribution in [0.2, 0.25) is 0 Å². The monoisotopic (exact) mass is 234 g/mol. The maximum atomic E-state index is 5.62. The first-order valence-corrected chi connectivity index (χ1v) is 5.54. The van der Waals surface area contributed by atoms with Gasteiger partial charge in [-0.3, -0.25) is 20.6 Å². The molecule has 2 heterocycles. The van der Waals surface area contributed by atoms with Crippen molar-refractivity contribution in [2.45, 2.75) is 19.4 Å². The fourth-order valence-corrected chi connectivity index (χ4v) is 1.93. The molecule has 1 unspecified atom stereocenters. The highest BCUT2D eigenvalue weighted by atomic mass is 15.3. The molecule has 17 heavy (non-hydrogen) atoms. The normalized spacial score (nSPS) is 12.9. The first-order chi connectivity index (χ1) is 8.11. The molecule has 0 aliphatic rings. The number of rotatable bonds is 4. The van der Waals surface area contributed by atoms with Crippen LogP contribution in [0.4, 0.5) is 0 Å². The zero-order chi connectivity index (χ0) is 12.4. The Morgan fingerprint density at radius 2 is 2.12 bits per heavy atom.